The number of hydrogen-bond donors (Lipinski definition) is 4. The fourth-order valence-corrected chi connectivity index (χ4v) is 1.95. The molecule has 0 heterocycles. The average Bonchev–Trinajstić information content (AvgIpc) is 3.32. The Morgan fingerprint density at radius 3 is 2.39 bits per heavy atom. The van der Waals surface area contributed by atoms with Gasteiger partial charge in [-0.3, -0.25) is 14.9 Å². The first-order chi connectivity index (χ1) is 11.0. The van der Waals surface area contributed by atoms with E-state index in [4.69, 9.17) is 0 Å². The Bertz CT molecular complexity index is 581. The van der Waals surface area contributed by atoms with Gasteiger partial charge in [0, 0.05) is 23.8 Å². The number of hydrogen-bond acceptors (Lipinski definition) is 4. The van der Waals surface area contributed by atoms with Gasteiger partial charge >= 0.3 is 6.03 Å². The molecular weight excluding hydrogens is 296 g/mol. The Morgan fingerprint density at radius 1 is 1.17 bits per heavy atom. The minimum absolute atomic E-state index is 0.0823. The number of rotatable bonds is 6. The Kier molecular flexibility index (Phi) is 5.56. The number of benzene rings is 1. The molecule has 4 N–H and O–H groups in total. The van der Waals surface area contributed by atoms with Crippen molar-refractivity contribution in [2.75, 3.05) is 11.9 Å². The maximum atomic E-state index is 11.9. The van der Waals surface area contributed by atoms with Crippen LogP contribution in [0.2, 0.25) is 0 Å². The summed E-state index contributed by atoms with van der Waals surface area (Å²) >= 11 is 0. The highest BCUT2D eigenvalue weighted by Gasteiger charge is 2.23. The Hall–Kier alpha value is -2.57. The maximum absolute atomic E-state index is 11.9. The molecule has 1 aromatic rings. The zero-order chi connectivity index (χ0) is 16.8. The van der Waals surface area contributed by atoms with Crippen LogP contribution >= 0.6 is 0 Å². The lowest BCUT2D eigenvalue weighted by Gasteiger charge is -2.15. The first-order valence-corrected chi connectivity index (χ1v) is 7.75. The van der Waals surface area contributed by atoms with Gasteiger partial charge < -0.3 is 16.0 Å². The molecular formula is C16H22N4O3. The van der Waals surface area contributed by atoms with Gasteiger partial charge in [-0.1, -0.05) is 0 Å². The van der Waals surface area contributed by atoms with Crippen molar-refractivity contribution in [2.24, 2.45) is 0 Å². The number of carbonyl (C=O) groups is 3. The van der Waals surface area contributed by atoms with Crippen LogP contribution < -0.4 is 21.3 Å². The van der Waals surface area contributed by atoms with E-state index in [2.05, 4.69) is 21.3 Å². The molecule has 0 saturated heterocycles. The van der Waals surface area contributed by atoms with E-state index in [1.807, 2.05) is 0 Å². The van der Waals surface area contributed by atoms with E-state index in [-0.39, 0.29) is 5.91 Å². The highest BCUT2D eigenvalue weighted by Crippen LogP contribution is 2.19. The standard InChI is InChI=1S/C16H22N4O3/c1-3-17-16(23)20-14(21)10(2)18-12-6-4-11(5-7-12)15(22)19-13-8-9-13/h4-7,10,13,18H,3,8-9H2,1-2H3,(H,19,22)(H2,17,20,21,23). The molecule has 0 bridgehead atoms. The van der Waals surface area contributed by atoms with Crippen molar-refractivity contribution < 1.29 is 14.4 Å². The van der Waals surface area contributed by atoms with Gasteiger partial charge in [-0.05, 0) is 51.0 Å². The molecule has 1 aliphatic rings. The second-order valence-electron chi connectivity index (χ2n) is 5.54. The largest absolute Gasteiger partial charge is 0.374 e. The van der Waals surface area contributed by atoms with Crippen molar-refractivity contribution in [3.63, 3.8) is 0 Å². The third-order valence-electron chi connectivity index (χ3n) is 3.41. The van der Waals surface area contributed by atoms with E-state index in [9.17, 15) is 14.4 Å². The van der Waals surface area contributed by atoms with Crippen LogP contribution in [0.15, 0.2) is 24.3 Å². The number of carbonyl (C=O) groups excluding carboxylic acids is 3. The van der Waals surface area contributed by atoms with E-state index < -0.39 is 18.0 Å². The van der Waals surface area contributed by atoms with Crippen molar-refractivity contribution >= 4 is 23.5 Å². The summed E-state index contributed by atoms with van der Waals surface area (Å²) in [5.41, 5.74) is 1.29. The van der Waals surface area contributed by atoms with Crippen LogP contribution in [0.25, 0.3) is 0 Å². The zero-order valence-electron chi connectivity index (χ0n) is 13.3. The quantitative estimate of drug-likeness (QED) is 0.634. The van der Waals surface area contributed by atoms with E-state index >= 15 is 0 Å². The Balaban J connectivity index is 1.85. The molecule has 0 spiro atoms. The molecule has 0 radical (unpaired) electrons. The van der Waals surface area contributed by atoms with E-state index in [1.54, 1.807) is 38.1 Å². The molecule has 1 aliphatic carbocycles. The van der Waals surface area contributed by atoms with Gasteiger partial charge in [-0.15, -0.1) is 0 Å². The Labute approximate surface area is 135 Å². The topological polar surface area (TPSA) is 99.3 Å². The van der Waals surface area contributed by atoms with Crippen LogP contribution in [0.1, 0.15) is 37.0 Å². The first kappa shape index (κ1) is 16.8. The fourth-order valence-electron chi connectivity index (χ4n) is 1.95. The van der Waals surface area contributed by atoms with E-state index in [0.29, 0.717) is 23.8 Å². The monoisotopic (exact) mass is 318 g/mol. The van der Waals surface area contributed by atoms with Crippen molar-refractivity contribution in [2.45, 2.75) is 38.8 Å². The van der Waals surface area contributed by atoms with E-state index in [0.717, 1.165) is 12.8 Å². The molecule has 4 amide bonds. The Morgan fingerprint density at radius 2 is 1.83 bits per heavy atom. The lowest BCUT2D eigenvalue weighted by Crippen LogP contribution is -2.45. The van der Waals surface area contributed by atoms with Crippen LogP contribution in [0.4, 0.5) is 10.5 Å². The van der Waals surface area contributed by atoms with Crippen LogP contribution in [0, 0.1) is 0 Å². The number of imide groups is 1. The minimum atomic E-state index is -0.580. The lowest BCUT2D eigenvalue weighted by molar-refractivity contribution is -0.120. The highest BCUT2D eigenvalue weighted by atomic mass is 16.2. The smallest absolute Gasteiger partial charge is 0.321 e. The molecule has 1 unspecified atom stereocenters. The molecule has 1 aromatic carbocycles. The summed E-state index contributed by atoms with van der Waals surface area (Å²) in [6.07, 6.45) is 2.09. The second kappa shape index (κ2) is 7.62. The van der Waals surface area contributed by atoms with Gasteiger partial charge in [0.2, 0.25) is 5.91 Å². The molecule has 2 rings (SSSR count). The number of urea groups is 1. The summed E-state index contributed by atoms with van der Waals surface area (Å²) in [6.45, 7) is 3.88. The third-order valence-corrected chi connectivity index (χ3v) is 3.41. The fraction of sp³-hybridized carbons (Fsp3) is 0.438. The van der Waals surface area contributed by atoms with Crippen molar-refractivity contribution in [1.82, 2.24) is 16.0 Å². The molecule has 7 nitrogen and oxygen atoms in total. The molecule has 124 valence electrons. The summed E-state index contributed by atoms with van der Waals surface area (Å²) in [7, 11) is 0. The number of nitrogens with one attached hydrogen (secondary N) is 4. The van der Waals surface area contributed by atoms with Gasteiger partial charge in [0.25, 0.3) is 5.91 Å². The summed E-state index contributed by atoms with van der Waals surface area (Å²) in [6, 6.07) is 6.10. The van der Waals surface area contributed by atoms with Crippen LogP contribution in [0.3, 0.4) is 0 Å². The molecule has 1 atom stereocenters. The van der Waals surface area contributed by atoms with Gasteiger partial charge in [0.1, 0.15) is 6.04 Å². The van der Waals surface area contributed by atoms with Crippen molar-refractivity contribution in [3.8, 4) is 0 Å². The predicted molar refractivity (Wildman–Crippen MR) is 87.2 cm³/mol. The minimum Gasteiger partial charge on any atom is -0.374 e. The zero-order valence-corrected chi connectivity index (χ0v) is 13.3. The van der Waals surface area contributed by atoms with Crippen LogP contribution in [-0.2, 0) is 4.79 Å². The van der Waals surface area contributed by atoms with Crippen molar-refractivity contribution in [3.05, 3.63) is 29.8 Å². The highest BCUT2D eigenvalue weighted by molar-refractivity contribution is 5.98. The molecule has 0 aliphatic heterocycles. The van der Waals surface area contributed by atoms with Crippen LogP contribution in [0.5, 0.6) is 0 Å². The lowest BCUT2D eigenvalue weighted by atomic mass is 10.2. The predicted octanol–water partition coefficient (Wildman–Crippen LogP) is 1.22. The molecule has 0 aromatic heterocycles. The maximum Gasteiger partial charge on any atom is 0.321 e. The average molecular weight is 318 g/mol. The van der Waals surface area contributed by atoms with Crippen molar-refractivity contribution in [1.29, 1.82) is 0 Å². The third kappa shape index (κ3) is 5.28. The molecule has 1 saturated carbocycles. The summed E-state index contributed by atoms with van der Waals surface area (Å²) in [5, 5.41) is 10.6. The normalized spacial score (nSPS) is 14.5. The number of amides is 4. The van der Waals surface area contributed by atoms with Gasteiger partial charge in [0.05, 0.1) is 0 Å². The number of anilines is 1. The second-order valence-corrected chi connectivity index (χ2v) is 5.54. The van der Waals surface area contributed by atoms with E-state index in [1.165, 1.54) is 0 Å². The SMILES string of the molecule is CCNC(=O)NC(=O)C(C)Nc1ccc(C(=O)NC2CC2)cc1. The van der Waals surface area contributed by atoms with Gasteiger partial charge in [0.15, 0.2) is 0 Å². The first-order valence-electron chi connectivity index (χ1n) is 7.75. The molecule has 7 heteroatoms. The van der Waals surface area contributed by atoms with Gasteiger partial charge in [-0.25, -0.2) is 4.79 Å². The summed E-state index contributed by atoms with van der Waals surface area (Å²) < 4.78 is 0. The molecule has 1 fully saturated rings. The summed E-state index contributed by atoms with van der Waals surface area (Å²) in [4.78, 5) is 35.0. The molecule has 23 heavy (non-hydrogen) atoms. The van der Waals surface area contributed by atoms with Crippen LogP contribution in [-0.4, -0.2) is 36.5 Å². The van der Waals surface area contributed by atoms with Gasteiger partial charge in [-0.2, -0.15) is 0 Å². The summed E-state index contributed by atoms with van der Waals surface area (Å²) in [5.74, 6) is -0.507.